The number of anilines is 2. The SMILES string of the molecule is CCc1cc(Nc2ncnc3c2CN(Cc2cc(C)cc(F)c2)CC3)sn1. The summed E-state index contributed by atoms with van der Waals surface area (Å²) >= 11 is 1.45. The Labute approximate surface area is 162 Å². The Bertz CT molecular complexity index is 935. The van der Waals surface area contributed by atoms with E-state index in [1.807, 2.05) is 13.0 Å². The number of aromatic nitrogens is 3. The van der Waals surface area contributed by atoms with Crippen LogP contribution in [-0.2, 0) is 25.9 Å². The molecule has 1 aliphatic rings. The van der Waals surface area contributed by atoms with Gasteiger partial charge >= 0.3 is 0 Å². The molecule has 5 nitrogen and oxygen atoms in total. The van der Waals surface area contributed by atoms with Gasteiger partial charge in [0.1, 0.15) is 23.0 Å². The molecule has 3 aromatic rings. The van der Waals surface area contributed by atoms with E-state index in [-0.39, 0.29) is 5.82 Å². The van der Waals surface area contributed by atoms with E-state index in [1.165, 1.54) is 11.5 Å². The summed E-state index contributed by atoms with van der Waals surface area (Å²) in [7, 11) is 0. The maximum atomic E-state index is 13.7. The van der Waals surface area contributed by atoms with Crippen molar-refractivity contribution in [3.63, 3.8) is 0 Å². The van der Waals surface area contributed by atoms with Crippen LogP contribution in [0.3, 0.4) is 0 Å². The van der Waals surface area contributed by atoms with Crippen molar-refractivity contribution in [1.82, 2.24) is 19.2 Å². The van der Waals surface area contributed by atoms with Gasteiger partial charge in [0.05, 0.1) is 11.4 Å². The van der Waals surface area contributed by atoms with Gasteiger partial charge in [-0.2, -0.15) is 4.37 Å². The van der Waals surface area contributed by atoms with Crippen molar-refractivity contribution in [2.45, 2.75) is 39.8 Å². The molecule has 1 aromatic carbocycles. The van der Waals surface area contributed by atoms with Crippen molar-refractivity contribution >= 4 is 22.4 Å². The number of benzene rings is 1. The molecule has 3 heterocycles. The minimum absolute atomic E-state index is 0.176. The average Bonchev–Trinajstić information content (AvgIpc) is 3.09. The van der Waals surface area contributed by atoms with Gasteiger partial charge in [-0.25, -0.2) is 14.4 Å². The van der Waals surface area contributed by atoms with Crippen molar-refractivity contribution in [3.8, 4) is 0 Å². The molecule has 0 saturated heterocycles. The van der Waals surface area contributed by atoms with Gasteiger partial charge in [-0.1, -0.05) is 13.0 Å². The molecular weight excluding hydrogens is 361 g/mol. The van der Waals surface area contributed by atoms with Gasteiger partial charge < -0.3 is 5.32 Å². The molecule has 1 aliphatic heterocycles. The second-order valence-electron chi connectivity index (χ2n) is 6.91. The van der Waals surface area contributed by atoms with Crippen LogP contribution in [0, 0.1) is 12.7 Å². The third-order valence-corrected chi connectivity index (χ3v) is 5.49. The van der Waals surface area contributed by atoms with Crippen molar-refractivity contribution in [3.05, 3.63) is 64.5 Å². The Morgan fingerprint density at radius 3 is 2.89 bits per heavy atom. The first-order valence-corrected chi connectivity index (χ1v) is 9.92. The van der Waals surface area contributed by atoms with E-state index in [9.17, 15) is 4.39 Å². The van der Waals surface area contributed by atoms with E-state index < -0.39 is 0 Å². The second-order valence-corrected chi connectivity index (χ2v) is 7.71. The summed E-state index contributed by atoms with van der Waals surface area (Å²) in [6, 6.07) is 7.29. The highest BCUT2D eigenvalue weighted by Gasteiger charge is 2.22. The highest BCUT2D eigenvalue weighted by Crippen LogP contribution is 2.28. The molecule has 0 unspecified atom stereocenters. The van der Waals surface area contributed by atoms with Crippen LogP contribution in [-0.4, -0.2) is 25.8 Å². The zero-order chi connectivity index (χ0) is 18.8. The standard InChI is InChI=1S/C20H22FN5S/c1-3-16-9-19(27-25-16)24-20-17-11-26(5-4-18(17)22-12-23-20)10-14-6-13(2)7-15(21)8-14/h6-9,12H,3-5,10-11H2,1-2H3,(H,22,23,24). The minimum atomic E-state index is -0.176. The third kappa shape index (κ3) is 4.14. The molecule has 0 radical (unpaired) electrons. The Morgan fingerprint density at radius 1 is 1.22 bits per heavy atom. The summed E-state index contributed by atoms with van der Waals surface area (Å²) in [5.74, 6) is 0.663. The topological polar surface area (TPSA) is 53.9 Å². The number of fused-ring (bicyclic) bond motifs is 1. The predicted octanol–water partition coefficient (Wildman–Crippen LogP) is 4.24. The van der Waals surface area contributed by atoms with E-state index in [0.717, 1.165) is 64.8 Å². The molecule has 0 saturated carbocycles. The van der Waals surface area contributed by atoms with Gasteiger partial charge in [-0.3, -0.25) is 4.90 Å². The summed E-state index contributed by atoms with van der Waals surface area (Å²) < 4.78 is 18.1. The lowest BCUT2D eigenvalue weighted by atomic mass is 10.0. The van der Waals surface area contributed by atoms with Crippen LogP contribution in [0.1, 0.15) is 35.0 Å². The largest absolute Gasteiger partial charge is 0.330 e. The number of rotatable bonds is 5. The normalized spacial score (nSPS) is 14.2. The van der Waals surface area contributed by atoms with E-state index in [0.29, 0.717) is 6.54 Å². The number of nitrogens with one attached hydrogen (secondary N) is 1. The maximum absolute atomic E-state index is 13.7. The molecule has 140 valence electrons. The maximum Gasteiger partial charge on any atom is 0.139 e. The number of nitrogens with zero attached hydrogens (tertiary/aromatic N) is 4. The van der Waals surface area contributed by atoms with Gasteiger partial charge in [0.15, 0.2) is 0 Å². The highest BCUT2D eigenvalue weighted by atomic mass is 32.1. The quantitative estimate of drug-likeness (QED) is 0.714. The summed E-state index contributed by atoms with van der Waals surface area (Å²) in [5, 5.41) is 4.40. The average molecular weight is 383 g/mol. The summed E-state index contributed by atoms with van der Waals surface area (Å²) in [5.41, 5.74) is 5.22. The van der Waals surface area contributed by atoms with Gasteiger partial charge in [0, 0.05) is 31.6 Å². The lowest BCUT2D eigenvalue weighted by Gasteiger charge is -2.29. The van der Waals surface area contributed by atoms with E-state index in [4.69, 9.17) is 0 Å². The monoisotopic (exact) mass is 383 g/mol. The molecule has 0 atom stereocenters. The fourth-order valence-corrected chi connectivity index (χ4v) is 4.18. The van der Waals surface area contributed by atoms with Crippen LogP contribution in [0.15, 0.2) is 30.6 Å². The van der Waals surface area contributed by atoms with Crippen molar-refractivity contribution in [1.29, 1.82) is 0 Å². The number of halogens is 1. The Morgan fingerprint density at radius 2 is 2.11 bits per heavy atom. The summed E-state index contributed by atoms with van der Waals surface area (Å²) in [4.78, 5) is 11.2. The number of hydrogen-bond acceptors (Lipinski definition) is 6. The van der Waals surface area contributed by atoms with E-state index in [1.54, 1.807) is 18.5 Å². The lowest BCUT2D eigenvalue weighted by molar-refractivity contribution is 0.243. The van der Waals surface area contributed by atoms with Crippen LogP contribution in [0.5, 0.6) is 0 Å². The molecular formula is C20H22FN5S. The first-order chi connectivity index (χ1) is 13.1. The van der Waals surface area contributed by atoms with Crippen LogP contribution in [0.25, 0.3) is 0 Å². The molecule has 0 bridgehead atoms. The van der Waals surface area contributed by atoms with Crippen molar-refractivity contribution < 1.29 is 4.39 Å². The molecule has 0 aliphatic carbocycles. The number of aryl methyl sites for hydroxylation is 2. The Kier molecular flexibility index (Phi) is 5.13. The molecule has 1 N–H and O–H groups in total. The van der Waals surface area contributed by atoms with Gasteiger partial charge in [-0.15, -0.1) is 0 Å². The first kappa shape index (κ1) is 18.0. The third-order valence-electron chi connectivity index (χ3n) is 4.75. The molecule has 7 heteroatoms. The second kappa shape index (κ2) is 7.70. The highest BCUT2D eigenvalue weighted by molar-refractivity contribution is 7.10. The lowest BCUT2D eigenvalue weighted by Crippen LogP contribution is -2.31. The summed E-state index contributed by atoms with van der Waals surface area (Å²) in [6.07, 6.45) is 3.40. The first-order valence-electron chi connectivity index (χ1n) is 9.14. The van der Waals surface area contributed by atoms with Gasteiger partial charge in [-0.05, 0) is 54.2 Å². The van der Waals surface area contributed by atoms with Crippen LogP contribution in [0.2, 0.25) is 0 Å². The summed E-state index contributed by atoms with van der Waals surface area (Å²) in [6.45, 7) is 6.38. The van der Waals surface area contributed by atoms with Crippen LogP contribution < -0.4 is 5.32 Å². The fraction of sp³-hybridized carbons (Fsp3) is 0.350. The van der Waals surface area contributed by atoms with Crippen LogP contribution in [0.4, 0.5) is 15.2 Å². The Balaban J connectivity index is 1.54. The number of hydrogen-bond donors (Lipinski definition) is 1. The minimum Gasteiger partial charge on any atom is -0.330 e. The van der Waals surface area contributed by atoms with E-state index in [2.05, 4.69) is 37.5 Å². The molecule has 27 heavy (non-hydrogen) atoms. The smallest absolute Gasteiger partial charge is 0.139 e. The molecule has 0 fully saturated rings. The Hall–Kier alpha value is -2.38. The molecule has 4 rings (SSSR count). The van der Waals surface area contributed by atoms with Gasteiger partial charge in [0.2, 0.25) is 0 Å². The molecule has 0 spiro atoms. The predicted molar refractivity (Wildman–Crippen MR) is 106 cm³/mol. The molecule has 2 aromatic heterocycles. The molecule has 0 amide bonds. The van der Waals surface area contributed by atoms with Gasteiger partial charge in [0.25, 0.3) is 0 Å². The zero-order valence-corrected chi connectivity index (χ0v) is 16.3. The fourth-order valence-electron chi connectivity index (χ4n) is 3.46. The van der Waals surface area contributed by atoms with Crippen LogP contribution >= 0.6 is 11.5 Å². The van der Waals surface area contributed by atoms with Crippen molar-refractivity contribution in [2.24, 2.45) is 0 Å². The van der Waals surface area contributed by atoms with Crippen molar-refractivity contribution in [2.75, 3.05) is 11.9 Å². The zero-order valence-electron chi connectivity index (χ0n) is 15.5. The van der Waals surface area contributed by atoms with E-state index >= 15 is 0 Å².